The summed E-state index contributed by atoms with van der Waals surface area (Å²) in [6.07, 6.45) is 3.00. The van der Waals surface area contributed by atoms with Gasteiger partial charge in [0.25, 0.3) is 0 Å². The molecule has 0 amide bonds. The second kappa shape index (κ2) is 8.66. The molecule has 1 aliphatic rings. The molecule has 0 bridgehead atoms. The first kappa shape index (κ1) is 19.7. The van der Waals surface area contributed by atoms with E-state index in [1.54, 1.807) is 4.31 Å². The van der Waals surface area contributed by atoms with E-state index in [0.717, 1.165) is 48.9 Å². The second-order valence-corrected chi connectivity index (χ2v) is 8.47. The molecular weight excluding hydrogens is 342 g/mol. The number of aryl methyl sites for hydroxylation is 2. The lowest BCUT2D eigenvalue weighted by molar-refractivity contribution is 0.275. The molecule has 1 aliphatic heterocycles. The highest BCUT2D eigenvalue weighted by atomic mass is 32.2. The monoisotopic (exact) mass is 371 g/mol. The van der Waals surface area contributed by atoms with Crippen molar-refractivity contribution in [3.05, 3.63) is 17.0 Å². The Morgan fingerprint density at radius 2 is 2.00 bits per heavy atom. The predicted octanol–water partition coefficient (Wildman–Crippen LogP) is 1.02. The van der Waals surface area contributed by atoms with Crippen LogP contribution in [0.1, 0.15) is 36.8 Å². The first-order valence-corrected chi connectivity index (χ1v) is 10.5. The van der Waals surface area contributed by atoms with Gasteiger partial charge in [0.05, 0.1) is 18.5 Å². The van der Waals surface area contributed by atoms with Gasteiger partial charge in [-0.1, -0.05) is 5.16 Å². The molecule has 25 heavy (non-hydrogen) atoms. The van der Waals surface area contributed by atoms with Crippen LogP contribution >= 0.6 is 0 Å². The fourth-order valence-electron chi connectivity index (χ4n) is 2.91. The second-order valence-electron chi connectivity index (χ2n) is 6.48. The highest BCUT2D eigenvalue weighted by Gasteiger charge is 2.24. The number of aliphatic imine (C=N–C) groups is 1. The number of piperidine rings is 1. The fourth-order valence-corrected chi connectivity index (χ4v) is 3.79. The van der Waals surface area contributed by atoms with E-state index >= 15 is 0 Å². The van der Waals surface area contributed by atoms with Gasteiger partial charge in [0.15, 0.2) is 5.96 Å². The van der Waals surface area contributed by atoms with Gasteiger partial charge in [-0.05, 0) is 39.5 Å². The van der Waals surface area contributed by atoms with Crippen LogP contribution in [0.15, 0.2) is 9.52 Å². The Kier molecular flexibility index (Phi) is 6.83. The van der Waals surface area contributed by atoms with Crippen LogP contribution in [-0.4, -0.2) is 56.3 Å². The number of hydrogen-bond donors (Lipinski definition) is 2. The number of guanidine groups is 1. The summed E-state index contributed by atoms with van der Waals surface area (Å²) in [4.78, 5) is 4.60. The Labute approximate surface area is 150 Å². The van der Waals surface area contributed by atoms with Crippen LogP contribution in [0.3, 0.4) is 0 Å². The number of nitrogens with one attached hydrogen (secondary N) is 2. The van der Waals surface area contributed by atoms with E-state index in [4.69, 9.17) is 4.52 Å². The number of sulfonamides is 1. The van der Waals surface area contributed by atoms with Crippen LogP contribution in [0.5, 0.6) is 0 Å². The number of hydrogen-bond acceptors (Lipinski definition) is 5. The van der Waals surface area contributed by atoms with Crippen molar-refractivity contribution in [1.82, 2.24) is 20.1 Å². The van der Waals surface area contributed by atoms with Gasteiger partial charge in [0, 0.05) is 31.7 Å². The van der Waals surface area contributed by atoms with E-state index in [2.05, 4.69) is 20.8 Å². The number of nitrogens with zero attached hydrogens (tertiary/aromatic N) is 3. The summed E-state index contributed by atoms with van der Waals surface area (Å²) in [5.41, 5.74) is 1.88. The van der Waals surface area contributed by atoms with Gasteiger partial charge < -0.3 is 15.2 Å². The summed E-state index contributed by atoms with van der Waals surface area (Å²) in [6, 6.07) is 0. The number of rotatable bonds is 6. The maximum Gasteiger partial charge on any atom is 0.211 e. The van der Waals surface area contributed by atoms with E-state index in [-0.39, 0.29) is 0 Å². The fraction of sp³-hybridized carbons (Fsp3) is 0.750. The zero-order valence-corrected chi connectivity index (χ0v) is 16.3. The Morgan fingerprint density at radius 3 is 2.52 bits per heavy atom. The van der Waals surface area contributed by atoms with Crippen molar-refractivity contribution >= 4 is 16.0 Å². The van der Waals surface area contributed by atoms with Crippen LogP contribution in [0.25, 0.3) is 0 Å². The summed E-state index contributed by atoms with van der Waals surface area (Å²) in [5, 5.41) is 10.6. The molecule has 1 fully saturated rings. The number of aromatic nitrogens is 1. The third kappa shape index (κ3) is 5.71. The van der Waals surface area contributed by atoms with Crippen LogP contribution < -0.4 is 10.6 Å². The first-order chi connectivity index (χ1) is 11.8. The molecule has 0 atom stereocenters. The van der Waals surface area contributed by atoms with Gasteiger partial charge in [-0.2, -0.15) is 0 Å². The lowest BCUT2D eigenvalue weighted by atomic mass is 9.98. The summed E-state index contributed by atoms with van der Waals surface area (Å²) in [7, 11) is -3.07. The average molecular weight is 372 g/mol. The Morgan fingerprint density at radius 1 is 1.32 bits per heavy atom. The van der Waals surface area contributed by atoms with Gasteiger partial charge in [-0.15, -0.1) is 0 Å². The Hall–Kier alpha value is -1.61. The van der Waals surface area contributed by atoms with E-state index in [9.17, 15) is 8.42 Å². The SMILES string of the molecule is CCNC(=NCc1c(C)noc1C)NCC1CCN(S(C)(=O)=O)CC1. The molecule has 0 radical (unpaired) electrons. The van der Waals surface area contributed by atoms with E-state index in [1.807, 2.05) is 20.8 Å². The van der Waals surface area contributed by atoms with Crippen molar-refractivity contribution in [2.45, 2.75) is 40.2 Å². The van der Waals surface area contributed by atoms with Crippen molar-refractivity contribution in [2.75, 3.05) is 32.4 Å². The quantitative estimate of drug-likeness (QED) is 0.572. The maximum absolute atomic E-state index is 11.6. The van der Waals surface area contributed by atoms with Crippen molar-refractivity contribution in [1.29, 1.82) is 0 Å². The molecule has 2 N–H and O–H groups in total. The molecule has 2 rings (SSSR count). The van der Waals surface area contributed by atoms with Crippen molar-refractivity contribution in [3.8, 4) is 0 Å². The third-order valence-corrected chi connectivity index (χ3v) is 5.82. The molecular formula is C16H29N5O3S. The molecule has 142 valence electrons. The van der Waals surface area contributed by atoms with Gasteiger partial charge in [0.2, 0.25) is 10.0 Å². The van der Waals surface area contributed by atoms with E-state index < -0.39 is 10.0 Å². The molecule has 0 unspecified atom stereocenters. The first-order valence-electron chi connectivity index (χ1n) is 8.70. The summed E-state index contributed by atoms with van der Waals surface area (Å²) >= 11 is 0. The minimum Gasteiger partial charge on any atom is -0.361 e. The Balaban J connectivity index is 1.87. The van der Waals surface area contributed by atoms with Crippen LogP contribution in [0.4, 0.5) is 0 Å². The zero-order chi connectivity index (χ0) is 18.4. The Bertz CT molecular complexity index is 671. The topological polar surface area (TPSA) is 99.8 Å². The molecule has 2 heterocycles. The highest BCUT2D eigenvalue weighted by Crippen LogP contribution is 2.18. The minimum absolute atomic E-state index is 0.445. The molecule has 8 nitrogen and oxygen atoms in total. The summed E-state index contributed by atoms with van der Waals surface area (Å²) in [5.74, 6) is 2.00. The molecule has 0 spiro atoms. The molecule has 1 aromatic rings. The third-order valence-electron chi connectivity index (χ3n) is 4.52. The maximum atomic E-state index is 11.6. The standard InChI is InChI=1S/C16H29N5O3S/c1-5-17-16(19-11-15-12(2)20-24-13(15)3)18-10-14-6-8-21(9-7-14)25(4,22)23/h14H,5-11H2,1-4H3,(H2,17,18,19). The largest absolute Gasteiger partial charge is 0.361 e. The van der Waals surface area contributed by atoms with Crippen LogP contribution in [-0.2, 0) is 16.6 Å². The van der Waals surface area contributed by atoms with E-state index in [1.165, 1.54) is 6.26 Å². The molecule has 1 saturated heterocycles. The molecule has 0 aromatic carbocycles. The zero-order valence-electron chi connectivity index (χ0n) is 15.5. The molecule has 9 heteroatoms. The van der Waals surface area contributed by atoms with Crippen molar-refractivity contribution in [3.63, 3.8) is 0 Å². The van der Waals surface area contributed by atoms with Gasteiger partial charge in [-0.3, -0.25) is 0 Å². The average Bonchev–Trinajstić information content (AvgIpc) is 2.88. The minimum atomic E-state index is -3.07. The summed E-state index contributed by atoms with van der Waals surface area (Å²) < 4.78 is 29.9. The lowest BCUT2D eigenvalue weighted by Crippen LogP contribution is -2.44. The lowest BCUT2D eigenvalue weighted by Gasteiger charge is -2.30. The smallest absolute Gasteiger partial charge is 0.211 e. The van der Waals surface area contributed by atoms with Crippen LogP contribution in [0.2, 0.25) is 0 Å². The predicted molar refractivity (Wildman–Crippen MR) is 97.9 cm³/mol. The van der Waals surface area contributed by atoms with Crippen LogP contribution in [0, 0.1) is 19.8 Å². The van der Waals surface area contributed by atoms with Gasteiger partial charge in [-0.25, -0.2) is 17.7 Å². The molecule has 0 saturated carbocycles. The van der Waals surface area contributed by atoms with Gasteiger partial charge in [0.1, 0.15) is 5.76 Å². The molecule has 1 aromatic heterocycles. The van der Waals surface area contributed by atoms with Gasteiger partial charge >= 0.3 is 0 Å². The van der Waals surface area contributed by atoms with Crippen molar-refractivity contribution < 1.29 is 12.9 Å². The highest BCUT2D eigenvalue weighted by molar-refractivity contribution is 7.88. The van der Waals surface area contributed by atoms with Crippen molar-refractivity contribution in [2.24, 2.45) is 10.9 Å². The normalized spacial score (nSPS) is 17.7. The van der Waals surface area contributed by atoms with E-state index in [0.29, 0.717) is 25.6 Å². The summed E-state index contributed by atoms with van der Waals surface area (Å²) in [6.45, 7) is 9.10. The molecule has 0 aliphatic carbocycles.